The Labute approximate surface area is 167 Å². The zero-order valence-corrected chi connectivity index (χ0v) is 16.9. The maximum absolute atomic E-state index is 12.5. The number of hydrogen-bond acceptors (Lipinski definition) is 9. The minimum Gasteiger partial charge on any atom is -0.420 e. The monoisotopic (exact) mass is 408 g/mol. The highest BCUT2D eigenvalue weighted by Crippen LogP contribution is 2.33. The summed E-state index contributed by atoms with van der Waals surface area (Å²) in [6.07, 6.45) is 1.57. The molecule has 3 rings (SSSR count). The Kier molecular flexibility index (Phi) is 6.16. The van der Waals surface area contributed by atoms with E-state index in [1.165, 1.54) is 22.7 Å². The Morgan fingerprint density at radius 2 is 2.15 bits per heavy atom. The Balaban J connectivity index is 1.83. The number of thiocarbonyl (C=S) groups is 1. The smallest absolute Gasteiger partial charge is 0.266 e. The van der Waals surface area contributed by atoms with Gasteiger partial charge in [0.1, 0.15) is 10.4 Å². The first-order valence-corrected chi connectivity index (χ1v) is 9.71. The standard InChI is InChI=1S/C17H20N4O4S2/c1-10-8-20(9-11(2)24-10)16-12(7-18)19-14(25-16)6-13-15(22)21(4-5-23-3)17(26)27-13/h6,10-11H,4-5,8-9H2,1-3H3/b13-6+/t10-,11-/m1/s1. The van der Waals surface area contributed by atoms with Gasteiger partial charge in [0.2, 0.25) is 17.5 Å². The van der Waals surface area contributed by atoms with Crippen molar-refractivity contribution in [2.24, 2.45) is 0 Å². The average Bonchev–Trinajstić information content (AvgIpc) is 3.14. The topological polar surface area (TPSA) is 91.8 Å². The third-order valence-electron chi connectivity index (χ3n) is 4.09. The Hall–Kier alpha value is -1.93. The van der Waals surface area contributed by atoms with Gasteiger partial charge in [-0.15, -0.1) is 0 Å². The molecule has 0 aromatic carbocycles. The van der Waals surface area contributed by atoms with Crippen LogP contribution >= 0.6 is 24.0 Å². The lowest BCUT2D eigenvalue weighted by Gasteiger charge is -2.34. The van der Waals surface area contributed by atoms with Crippen LogP contribution in [0, 0.1) is 11.3 Å². The van der Waals surface area contributed by atoms with E-state index in [-0.39, 0.29) is 29.7 Å². The number of morpholine rings is 1. The van der Waals surface area contributed by atoms with Crippen molar-refractivity contribution in [1.29, 1.82) is 5.26 Å². The van der Waals surface area contributed by atoms with E-state index in [0.717, 1.165) is 0 Å². The normalized spacial score (nSPS) is 24.7. The summed E-state index contributed by atoms with van der Waals surface area (Å²) in [4.78, 5) is 20.6. The number of oxazole rings is 1. The van der Waals surface area contributed by atoms with Crippen LogP contribution in [-0.2, 0) is 14.3 Å². The molecular formula is C17H20N4O4S2. The van der Waals surface area contributed by atoms with Crippen molar-refractivity contribution < 1.29 is 18.7 Å². The maximum atomic E-state index is 12.5. The third kappa shape index (κ3) is 4.32. The quantitative estimate of drug-likeness (QED) is 0.536. The zero-order chi connectivity index (χ0) is 19.6. The van der Waals surface area contributed by atoms with E-state index in [1.807, 2.05) is 18.7 Å². The second-order valence-electron chi connectivity index (χ2n) is 6.31. The molecule has 27 heavy (non-hydrogen) atoms. The highest BCUT2D eigenvalue weighted by Gasteiger charge is 2.33. The molecule has 144 valence electrons. The molecule has 2 saturated heterocycles. The van der Waals surface area contributed by atoms with Gasteiger partial charge in [0.15, 0.2) is 0 Å². The molecule has 0 N–H and O–H groups in total. The number of hydrogen-bond donors (Lipinski definition) is 0. The number of aromatic nitrogens is 1. The van der Waals surface area contributed by atoms with E-state index in [0.29, 0.717) is 41.4 Å². The van der Waals surface area contributed by atoms with Crippen LogP contribution in [0.25, 0.3) is 6.08 Å². The zero-order valence-electron chi connectivity index (χ0n) is 15.3. The number of amides is 1. The molecule has 8 nitrogen and oxygen atoms in total. The van der Waals surface area contributed by atoms with Crippen molar-refractivity contribution in [2.45, 2.75) is 26.1 Å². The summed E-state index contributed by atoms with van der Waals surface area (Å²) in [7, 11) is 1.57. The number of ether oxygens (including phenoxy) is 2. The molecule has 0 radical (unpaired) electrons. The molecule has 10 heteroatoms. The summed E-state index contributed by atoms with van der Waals surface area (Å²) in [5.74, 6) is 0.398. The van der Waals surface area contributed by atoms with Gasteiger partial charge in [0, 0.05) is 26.3 Å². The van der Waals surface area contributed by atoms with Crippen LogP contribution in [0.4, 0.5) is 5.88 Å². The van der Waals surface area contributed by atoms with E-state index < -0.39 is 0 Å². The van der Waals surface area contributed by atoms with E-state index >= 15 is 0 Å². The molecule has 1 amide bonds. The minimum absolute atomic E-state index is 0.0193. The van der Waals surface area contributed by atoms with Crippen LogP contribution in [0.2, 0.25) is 0 Å². The second-order valence-corrected chi connectivity index (χ2v) is 7.98. The van der Waals surface area contributed by atoms with Gasteiger partial charge in [-0.25, -0.2) is 0 Å². The Morgan fingerprint density at radius 1 is 1.44 bits per heavy atom. The first-order valence-electron chi connectivity index (χ1n) is 8.48. The number of carbonyl (C=O) groups is 1. The lowest BCUT2D eigenvalue weighted by Crippen LogP contribution is -2.45. The van der Waals surface area contributed by atoms with Crippen LogP contribution in [0.1, 0.15) is 25.4 Å². The summed E-state index contributed by atoms with van der Waals surface area (Å²) >= 11 is 6.44. The fourth-order valence-corrected chi connectivity index (χ4v) is 4.28. The van der Waals surface area contributed by atoms with Crippen molar-refractivity contribution in [3.8, 4) is 6.07 Å². The van der Waals surface area contributed by atoms with E-state index in [2.05, 4.69) is 11.1 Å². The number of nitriles is 1. The van der Waals surface area contributed by atoms with E-state index in [4.69, 9.17) is 26.1 Å². The van der Waals surface area contributed by atoms with Crippen LogP contribution in [0.15, 0.2) is 9.32 Å². The Morgan fingerprint density at radius 3 is 2.78 bits per heavy atom. The fraction of sp³-hybridized carbons (Fsp3) is 0.529. The van der Waals surface area contributed by atoms with Crippen molar-refractivity contribution in [3.05, 3.63) is 16.5 Å². The largest absolute Gasteiger partial charge is 0.420 e. The van der Waals surface area contributed by atoms with Crippen molar-refractivity contribution >= 4 is 46.2 Å². The minimum atomic E-state index is -0.214. The summed E-state index contributed by atoms with van der Waals surface area (Å²) in [5, 5.41) is 9.42. The van der Waals surface area contributed by atoms with Gasteiger partial charge in [0.05, 0.1) is 30.3 Å². The van der Waals surface area contributed by atoms with Crippen LogP contribution in [0.3, 0.4) is 0 Å². The van der Waals surface area contributed by atoms with Gasteiger partial charge in [-0.05, 0) is 13.8 Å². The third-order valence-corrected chi connectivity index (χ3v) is 5.46. The first kappa shape index (κ1) is 19.8. The van der Waals surface area contributed by atoms with E-state index in [1.54, 1.807) is 7.11 Å². The molecule has 2 atom stereocenters. The van der Waals surface area contributed by atoms with Crippen LogP contribution < -0.4 is 4.90 Å². The Bertz CT molecular complexity index is 806. The molecule has 0 unspecified atom stereocenters. The molecule has 2 fully saturated rings. The first-order chi connectivity index (χ1) is 12.9. The van der Waals surface area contributed by atoms with Crippen molar-refractivity contribution in [3.63, 3.8) is 0 Å². The molecule has 0 aliphatic carbocycles. The van der Waals surface area contributed by atoms with Crippen molar-refractivity contribution in [2.75, 3.05) is 38.3 Å². The molecule has 0 saturated carbocycles. The SMILES string of the molecule is COCCN1C(=O)/C(=C\c2nc(C#N)c(N3C[C@@H](C)O[C@H](C)C3)o2)SC1=S. The van der Waals surface area contributed by atoms with Gasteiger partial charge in [-0.3, -0.25) is 9.69 Å². The predicted octanol–water partition coefficient (Wildman–Crippen LogP) is 2.01. The van der Waals surface area contributed by atoms with Crippen LogP contribution in [-0.4, -0.2) is 65.7 Å². The number of thioether (sulfide) groups is 1. The predicted molar refractivity (Wildman–Crippen MR) is 105 cm³/mol. The summed E-state index contributed by atoms with van der Waals surface area (Å²) in [5.41, 5.74) is 0.192. The van der Waals surface area contributed by atoms with Gasteiger partial charge < -0.3 is 18.8 Å². The van der Waals surface area contributed by atoms with Gasteiger partial charge in [-0.1, -0.05) is 24.0 Å². The lowest BCUT2D eigenvalue weighted by molar-refractivity contribution is -0.122. The number of nitrogens with zero attached hydrogens (tertiary/aromatic N) is 4. The number of rotatable bonds is 5. The number of anilines is 1. The lowest BCUT2D eigenvalue weighted by atomic mass is 10.2. The number of methoxy groups -OCH3 is 1. The second kappa shape index (κ2) is 8.39. The van der Waals surface area contributed by atoms with Gasteiger partial charge >= 0.3 is 0 Å². The fourth-order valence-electron chi connectivity index (χ4n) is 3.01. The molecule has 0 bridgehead atoms. The molecule has 1 aromatic heterocycles. The molecule has 1 aromatic rings. The molecule has 3 heterocycles. The molecular weight excluding hydrogens is 388 g/mol. The summed E-state index contributed by atoms with van der Waals surface area (Å²) in [6, 6.07) is 2.06. The number of carbonyl (C=O) groups excluding carboxylic acids is 1. The average molecular weight is 409 g/mol. The maximum Gasteiger partial charge on any atom is 0.266 e. The van der Waals surface area contributed by atoms with Crippen molar-refractivity contribution in [1.82, 2.24) is 9.88 Å². The molecule has 0 spiro atoms. The molecule has 2 aliphatic heterocycles. The molecule has 2 aliphatic rings. The summed E-state index contributed by atoms with van der Waals surface area (Å²) < 4.78 is 17.0. The highest BCUT2D eigenvalue weighted by atomic mass is 32.2. The van der Waals surface area contributed by atoms with Gasteiger partial charge in [-0.2, -0.15) is 10.2 Å². The highest BCUT2D eigenvalue weighted by molar-refractivity contribution is 8.26. The summed E-state index contributed by atoms with van der Waals surface area (Å²) in [6.45, 7) is 5.94. The van der Waals surface area contributed by atoms with Crippen LogP contribution in [0.5, 0.6) is 0 Å². The van der Waals surface area contributed by atoms with Gasteiger partial charge in [0.25, 0.3) is 5.91 Å². The van der Waals surface area contributed by atoms with E-state index in [9.17, 15) is 10.1 Å².